The molecule has 0 heterocycles. The first-order valence-electron chi connectivity index (χ1n) is 6.02. The van der Waals surface area contributed by atoms with Crippen LogP contribution in [0.1, 0.15) is 5.56 Å². The fourth-order valence-electron chi connectivity index (χ4n) is 1.61. The number of hydrogen-bond donors (Lipinski definition) is 2. The van der Waals surface area contributed by atoms with Crippen LogP contribution in [0.15, 0.2) is 18.2 Å². The normalized spacial score (nSPS) is 11.9. The van der Waals surface area contributed by atoms with Crippen LogP contribution in [-0.2, 0) is 21.2 Å². The summed E-state index contributed by atoms with van der Waals surface area (Å²) in [5.74, 6) is -1.75. The second kappa shape index (κ2) is 6.86. The van der Waals surface area contributed by atoms with Crippen LogP contribution < -0.4 is 14.8 Å². The van der Waals surface area contributed by atoms with Gasteiger partial charge in [-0.1, -0.05) is 6.07 Å². The van der Waals surface area contributed by atoms with Gasteiger partial charge >= 0.3 is 12.1 Å². The summed E-state index contributed by atoms with van der Waals surface area (Å²) in [6.45, 7) is -0.233. The van der Waals surface area contributed by atoms with Crippen LogP contribution in [0.3, 0.4) is 0 Å². The van der Waals surface area contributed by atoms with Gasteiger partial charge in [0.05, 0.1) is 19.1 Å². The molecule has 0 bridgehead atoms. The number of nitrogens with one attached hydrogen (secondary N) is 2. The van der Waals surface area contributed by atoms with E-state index in [0.29, 0.717) is 5.56 Å². The molecule has 0 aromatic heterocycles. The zero-order chi connectivity index (χ0) is 17.0. The van der Waals surface area contributed by atoms with Crippen LogP contribution in [0.25, 0.3) is 0 Å². The van der Waals surface area contributed by atoms with E-state index in [2.05, 4.69) is 4.72 Å². The quantitative estimate of drug-likeness (QED) is 0.817. The maximum Gasteiger partial charge on any atom is 0.471 e. The van der Waals surface area contributed by atoms with E-state index in [4.69, 9.17) is 4.74 Å². The van der Waals surface area contributed by atoms with Crippen LogP contribution in [0.2, 0.25) is 0 Å². The average molecular weight is 340 g/mol. The first-order chi connectivity index (χ1) is 10.0. The van der Waals surface area contributed by atoms with Gasteiger partial charge < -0.3 is 10.1 Å². The molecule has 1 aromatic carbocycles. The molecule has 0 aliphatic carbocycles. The molecule has 0 spiro atoms. The minimum Gasteiger partial charge on any atom is -0.495 e. The predicted molar refractivity (Wildman–Crippen MR) is 74.2 cm³/mol. The molecule has 0 unspecified atom stereocenters. The lowest BCUT2D eigenvalue weighted by Gasteiger charge is -2.12. The molecule has 0 radical (unpaired) electrons. The lowest BCUT2D eigenvalue weighted by Crippen LogP contribution is -2.37. The summed E-state index contributed by atoms with van der Waals surface area (Å²) in [6, 6.07) is 4.47. The molecule has 0 aliphatic rings. The Labute approximate surface area is 125 Å². The van der Waals surface area contributed by atoms with Gasteiger partial charge in [0.25, 0.3) is 0 Å². The van der Waals surface area contributed by atoms with E-state index in [0.717, 1.165) is 6.26 Å². The summed E-state index contributed by atoms with van der Waals surface area (Å²) >= 11 is 0. The monoisotopic (exact) mass is 340 g/mol. The maximum absolute atomic E-state index is 12.0. The summed E-state index contributed by atoms with van der Waals surface area (Å²) in [4.78, 5) is 10.7. The third kappa shape index (κ3) is 5.80. The topological polar surface area (TPSA) is 84.5 Å². The summed E-state index contributed by atoms with van der Waals surface area (Å²) < 4.78 is 65.8. The third-order valence-corrected chi connectivity index (χ3v) is 3.11. The van der Waals surface area contributed by atoms with Crippen molar-refractivity contribution >= 4 is 21.6 Å². The second-order valence-electron chi connectivity index (χ2n) is 4.41. The van der Waals surface area contributed by atoms with Gasteiger partial charge in [-0.05, 0) is 24.1 Å². The Morgan fingerprint density at radius 3 is 2.45 bits per heavy atom. The number of halogens is 3. The molecule has 10 heteroatoms. The number of hydrogen-bond acceptors (Lipinski definition) is 4. The van der Waals surface area contributed by atoms with Crippen molar-refractivity contribution in [1.29, 1.82) is 0 Å². The molecule has 22 heavy (non-hydrogen) atoms. The fraction of sp³-hybridized carbons (Fsp3) is 0.417. The first-order valence-corrected chi connectivity index (χ1v) is 7.92. The average Bonchev–Trinajstić information content (AvgIpc) is 2.36. The van der Waals surface area contributed by atoms with Crippen molar-refractivity contribution in [3.05, 3.63) is 23.8 Å². The van der Waals surface area contributed by atoms with Crippen molar-refractivity contribution < 1.29 is 31.1 Å². The molecule has 0 atom stereocenters. The van der Waals surface area contributed by atoms with Crippen LogP contribution in [0.5, 0.6) is 5.75 Å². The Kier molecular flexibility index (Phi) is 5.64. The Balaban J connectivity index is 2.77. The fourth-order valence-corrected chi connectivity index (χ4v) is 2.17. The molecule has 0 saturated carbocycles. The highest BCUT2D eigenvalue weighted by Gasteiger charge is 2.38. The molecule has 0 aliphatic heterocycles. The molecule has 0 saturated heterocycles. The molecule has 1 rings (SSSR count). The summed E-state index contributed by atoms with van der Waals surface area (Å²) in [5, 5.41) is 1.73. The minimum atomic E-state index is -4.93. The molecular weight excluding hydrogens is 325 g/mol. The summed E-state index contributed by atoms with van der Waals surface area (Å²) in [5.41, 5.74) is 0.707. The van der Waals surface area contributed by atoms with Crippen molar-refractivity contribution in [1.82, 2.24) is 5.32 Å². The maximum atomic E-state index is 12.0. The molecule has 0 fully saturated rings. The minimum absolute atomic E-state index is 0.101. The highest BCUT2D eigenvalue weighted by molar-refractivity contribution is 7.92. The van der Waals surface area contributed by atoms with Gasteiger partial charge in [0.2, 0.25) is 10.0 Å². The number of rotatable bonds is 6. The summed E-state index contributed by atoms with van der Waals surface area (Å²) in [6.07, 6.45) is -3.87. The predicted octanol–water partition coefficient (Wildman–Crippen LogP) is 1.29. The Bertz CT molecular complexity index is 644. The van der Waals surface area contributed by atoms with Gasteiger partial charge in [0.15, 0.2) is 0 Å². The third-order valence-electron chi connectivity index (χ3n) is 2.52. The smallest absolute Gasteiger partial charge is 0.471 e. The van der Waals surface area contributed by atoms with Gasteiger partial charge in [-0.3, -0.25) is 9.52 Å². The molecule has 124 valence electrons. The van der Waals surface area contributed by atoms with Crippen LogP contribution >= 0.6 is 0 Å². The van der Waals surface area contributed by atoms with E-state index < -0.39 is 22.1 Å². The van der Waals surface area contributed by atoms with E-state index in [1.54, 1.807) is 11.4 Å². The highest BCUT2D eigenvalue weighted by Crippen LogP contribution is 2.26. The molecule has 1 amide bonds. The standard InChI is InChI=1S/C12H15F3N2O4S/c1-21-10-4-3-8(7-9(10)17-22(2,19)20)5-6-16-11(18)12(13,14)15/h3-4,7,17H,5-6H2,1-2H3,(H,16,18). The van der Waals surface area contributed by atoms with Gasteiger partial charge in [-0.15, -0.1) is 0 Å². The van der Waals surface area contributed by atoms with Gasteiger partial charge in [0.1, 0.15) is 5.75 Å². The van der Waals surface area contributed by atoms with Crippen LogP contribution in [0, 0.1) is 0 Å². The van der Waals surface area contributed by atoms with Crippen LogP contribution in [-0.4, -0.2) is 40.4 Å². The molecular formula is C12H15F3N2O4S. The van der Waals surface area contributed by atoms with Gasteiger partial charge in [-0.25, -0.2) is 8.42 Å². The zero-order valence-electron chi connectivity index (χ0n) is 11.8. The largest absolute Gasteiger partial charge is 0.495 e. The Hall–Kier alpha value is -1.97. The number of carbonyl (C=O) groups excluding carboxylic acids is 1. The Morgan fingerprint density at radius 1 is 1.32 bits per heavy atom. The lowest BCUT2D eigenvalue weighted by molar-refractivity contribution is -0.173. The van der Waals surface area contributed by atoms with Crippen molar-refractivity contribution in [3.63, 3.8) is 0 Å². The molecule has 1 aromatic rings. The van der Waals surface area contributed by atoms with Crippen molar-refractivity contribution in [2.24, 2.45) is 0 Å². The SMILES string of the molecule is COc1ccc(CCNC(=O)C(F)(F)F)cc1NS(C)(=O)=O. The van der Waals surface area contributed by atoms with E-state index >= 15 is 0 Å². The second-order valence-corrected chi connectivity index (χ2v) is 6.16. The first kappa shape index (κ1) is 18.1. The summed E-state index contributed by atoms with van der Waals surface area (Å²) in [7, 11) is -2.18. The molecule has 2 N–H and O–H groups in total. The molecule has 6 nitrogen and oxygen atoms in total. The van der Waals surface area contributed by atoms with Crippen molar-refractivity contribution in [2.45, 2.75) is 12.6 Å². The van der Waals surface area contributed by atoms with E-state index in [-0.39, 0.29) is 24.4 Å². The highest BCUT2D eigenvalue weighted by atomic mass is 32.2. The number of alkyl halides is 3. The Morgan fingerprint density at radius 2 is 1.95 bits per heavy atom. The van der Waals surface area contributed by atoms with E-state index in [1.165, 1.54) is 19.2 Å². The van der Waals surface area contributed by atoms with Gasteiger partial charge in [0, 0.05) is 6.54 Å². The number of carbonyl (C=O) groups is 1. The van der Waals surface area contributed by atoms with Crippen molar-refractivity contribution in [2.75, 3.05) is 24.6 Å². The van der Waals surface area contributed by atoms with Crippen LogP contribution in [0.4, 0.5) is 18.9 Å². The number of sulfonamides is 1. The van der Waals surface area contributed by atoms with Gasteiger partial charge in [-0.2, -0.15) is 13.2 Å². The zero-order valence-corrected chi connectivity index (χ0v) is 12.6. The van der Waals surface area contributed by atoms with E-state index in [9.17, 15) is 26.4 Å². The number of benzene rings is 1. The number of methoxy groups -OCH3 is 1. The number of ether oxygens (including phenoxy) is 1. The number of amides is 1. The number of anilines is 1. The van der Waals surface area contributed by atoms with Crippen molar-refractivity contribution in [3.8, 4) is 5.75 Å². The lowest BCUT2D eigenvalue weighted by atomic mass is 10.1. The van der Waals surface area contributed by atoms with E-state index in [1.807, 2.05) is 0 Å².